The molecule has 0 aromatic heterocycles. The summed E-state index contributed by atoms with van der Waals surface area (Å²) in [4.78, 5) is 38.8. The first-order chi connectivity index (χ1) is 14.4. The van der Waals surface area contributed by atoms with Gasteiger partial charge >= 0.3 is 6.03 Å². The summed E-state index contributed by atoms with van der Waals surface area (Å²) in [6, 6.07) is 8.76. The van der Waals surface area contributed by atoms with E-state index in [1.54, 1.807) is 36.4 Å². The molecule has 1 aliphatic rings. The second kappa shape index (κ2) is 8.56. The lowest BCUT2D eigenvalue weighted by atomic mass is 10.0. The number of nitrogens with one attached hydrogen (secondary N) is 1. The van der Waals surface area contributed by atoms with Crippen molar-refractivity contribution in [3.63, 3.8) is 0 Å². The molecule has 1 saturated heterocycles. The van der Waals surface area contributed by atoms with Crippen LogP contribution in [0.5, 0.6) is 23.0 Å². The van der Waals surface area contributed by atoms with Crippen LogP contribution in [0.15, 0.2) is 42.0 Å². The van der Waals surface area contributed by atoms with Gasteiger partial charge < -0.3 is 18.9 Å². The molecule has 0 unspecified atom stereocenters. The Labute approximate surface area is 172 Å². The van der Waals surface area contributed by atoms with Crippen LogP contribution in [0.2, 0.25) is 0 Å². The van der Waals surface area contributed by atoms with Gasteiger partial charge in [0, 0.05) is 11.6 Å². The highest BCUT2D eigenvalue weighted by atomic mass is 16.5. The number of carbonyl (C=O) groups is 3. The molecule has 0 saturated carbocycles. The Kier molecular flexibility index (Phi) is 5.91. The van der Waals surface area contributed by atoms with Gasteiger partial charge in [-0.25, -0.2) is 9.69 Å². The van der Waals surface area contributed by atoms with E-state index in [2.05, 4.69) is 5.32 Å². The van der Waals surface area contributed by atoms with Gasteiger partial charge in [0.1, 0.15) is 17.1 Å². The molecule has 30 heavy (non-hydrogen) atoms. The van der Waals surface area contributed by atoms with Crippen LogP contribution in [0.3, 0.4) is 0 Å². The van der Waals surface area contributed by atoms with E-state index in [0.29, 0.717) is 28.6 Å². The molecule has 3 rings (SSSR count). The number of imide groups is 2. The third-order valence-electron chi connectivity index (χ3n) is 4.46. The van der Waals surface area contributed by atoms with Crippen LogP contribution in [-0.2, 0) is 9.59 Å². The van der Waals surface area contributed by atoms with Gasteiger partial charge in [-0.2, -0.15) is 0 Å². The Hall–Kier alpha value is -4.01. The zero-order valence-electron chi connectivity index (χ0n) is 16.8. The third-order valence-corrected chi connectivity index (χ3v) is 4.46. The zero-order valence-corrected chi connectivity index (χ0v) is 16.8. The predicted octanol–water partition coefficient (Wildman–Crippen LogP) is 2.39. The summed E-state index contributed by atoms with van der Waals surface area (Å²) in [5.41, 5.74) is 0.342. The topological polar surface area (TPSA) is 103 Å². The van der Waals surface area contributed by atoms with Crippen molar-refractivity contribution in [3.05, 3.63) is 47.5 Å². The number of para-hydroxylation sites is 2. The standard InChI is InChI=1S/C21H20N2O7/c1-27-15-8-6-5-7-14(15)23-20(25)13(19(24)22-21(23)26)9-12-10-17(29-3)18(30-4)11-16(12)28-2/h5-11H,1-4H3,(H,22,24,26). The van der Waals surface area contributed by atoms with Gasteiger partial charge in [0.25, 0.3) is 11.8 Å². The molecule has 1 heterocycles. The van der Waals surface area contributed by atoms with Crippen molar-refractivity contribution in [2.24, 2.45) is 0 Å². The molecule has 4 amide bonds. The number of rotatable bonds is 6. The molecular formula is C21H20N2O7. The highest BCUT2D eigenvalue weighted by molar-refractivity contribution is 6.39. The maximum atomic E-state index is 13.1. The molecular weight excluding hydrogens is 392 g/mol. The van der Waals surface area contributed by atoms with Crippen molar-refractivity contribution in [2.75, 3.05) is 33.3 Å². The third kappa shape index (κ3) is 3.64. The fourth-order valence-electron chi connectivity index (χ4n) is 3.01. The summed E-state index contributed by atoms with van der Waals surface area (Å²) < 4.78 is 21.1. The van der Waals surface area contributed by atoms with E-state index >= 15 is 0 Å². The molecule has 1 fully saturated rings. The normalized spacial score (nSPS) is 15.1. The minimum Gasteiger partial charge on any atom is -0.496 e. The van der Waals surface area contributed by atoms with E-state index in [-0.39, 0.29) is 11.3 Å². The van der Waals surface area contributed by atoms with Crippen LogP contribution in [0, 0.1) is 0 Å². The Balaban J connectivity index is 2.11. The largest absolute Gasteiger partial charge is 0.496 e. The van der Waals surface area contributed by atoms with Crippen LogP contribution in [0.4, 0.5) is 10.5 Å². The summed E-state index contributed by atoms with van der Waals surface area (Å²) >= 11 is 0. The van der Waals surface area contributed by atoms with Gasteiger partial charge in [-0.05, 0) is 24.3 Å². The molecule has 2 aromatic carbocycles. The van der Waals surface area contributed by atoms with E-state index < -0.39 is 17.8 Å². The summed E-state index contributed by atoms with van der Waals surface area (Å²) in [7, 11) is 5.80. The number of urea groups is 1. The lowest BCUT2D eigenvalue weighted by Gasteiger charge is -2.27. The molecule has 0 radical (unpaired) electrons. The van der Waals surface area contributed by atoms with Gasteiger partial charge in [-0.1, -0.05) is 12.1 Å². The first-order valence-electron chi connectivity index (χ1n) is 8.79. The van der Waals surface area contributed by atoms with Gasteiger partial charge in [0.05, 0.1) is 34.1 Å². The Morgan fingerprint density at radius 2 is 1.40 bits per heavy atom. The minimum atomic E-state index is -0.870. The molecule has 0 aliphatic carbocycles. The fraction of sp³-hybridized carbons (Fsp3) is 0.190. The first kappa shape index (κ1) is 20.7. The second-order valence-corrected chi connectivity index (χ2v) is 6.08. The Morgan fingerprint density at radius 3 is 2.03 bits per heavy atom. The number of anilines is 1. The number of hydrogen-bond donors (Lipinski definition) is 1. The lowest BCUT2D eigenvalue weighted by Crippen LogP contribution is -2.54. The number of benzene rings is 2. The molecule has 0 atom stereocenters. The van der Waals surface area contributed by atoms with Crippen molar-refractivity contribution in [2.45, 2.75) is 0 Å². The van der Waals surface area contributed by atoms with Gasteiger partial charge in [-0.15, -0.1) is 0 Å². The Bertz CT molecular complexity index is 1050. The lowest BCUT2D eigenvalue weighted by molar-refractivity contribution is -0.122. The molecule has 9 heteroatoms. The number of barbiturate groups is 1. The van der Waals surface area contributed by atoms with Crippen molar-refractivity contribution in [1.29, 1.82) is 0 Å². The average Bonchev–Trinajstić information content (AvgIpc) is 2.76. The van der Waals surface area contributed by atoms with E-state index in [4.69, 9.17) is 18.9 Å². The van der Waals surface area contributed by atoms with Crippen molar-refractivity contribution >= 4 is 29.6 Å². The fourth-order valence-corrected chi connectivity index (χ4v) is 3.01. The number of nitrogens with zero attached hydrogens (tertiary/aromatic N) is 1. The van der Waals surface area contributed by atoms with E-state index in [9.17, 15) is 14.4 Å². The maximum absolute atomic E-state index is 13.1. The number of hydrogen-bond acceptors (Lipinski definition) is 7. The maximum Gasteiger partial charge on any atom is 0.336 e. The van der Waals surface area contributed by atoms with E-state index in [1.165, 1.54) is 34.5 Å². The second-order valence-electron chi connectivity index (χ2n) is 6.08. The SMILES string of the molecule is COc1cc(OC)c(OC)cc1C=C1C(=O)NC(=O)N(c2ccccc2OC)C1=O. The van der Waals surface area contributed by atoms with Gasteiger partial charge in [0.2, 0.25) is 0 Å². The molecule has 1 aliphatic heterocycles. The molecule has 2 aromatic rings. The van der Waals surface area contributed by atoms with Crippen LogP contribution >= 0.6 is 0 Å². The zero-order chi connectivity index (χ0) is 21.8. The molecule has 1 N–H and O–H groups in total. The monoisotopic (exact) mass is 412 g/mol. The van der Waals surface area contributed by atoms with Crippen molar-refractivity contribution in [1.82, 2.24) is 5.32 Å². The Morgan fingerprint density at radius 1 is 0.800 bits per heavy atom. The first-order valence-corrected chi connectivity index (χ1v) is 8.79. The van der Waals surface area contributed by atoms with Crippen LogP contribution < -0.4 is 29.2 Å². The number of ether oxygens (including phenoxy) is 4. The highest BCUT2D eigenvalue weighted by Gasteiger charge is 2.38. The quantitative estimate of drug-likeness (QED) is 0.574. The highest BCUT2D eigenvalue weighted by Crippen LogP contribution is 2.36. The van der Waals surface area contributed by atoms with Crippen molar-refractivity contribution < 1.29 is 33.3 Å². The van der Waals surface area contributed by atoms with Crippen LogP contribution in [0.25, 0.3) is 6.08 Å². The van der Waals surface area contributed by atoms with E-state index in [0.717, 1.165) is 4.90 Å². The summed E-state index contributed by atoms with van der Waals surface area (Å²) in [5.74, 6) is -0.175. The minimum absolute atomic E-state index is 0.208. The summed E-state index contributed by atoms with van der Waals surface area (Å²) in [5, 5.41) is 2.18. The molecule has 156 valence electrons. The van der Waals surface area contributed by atoms with Crippen LogP contribution in [-0.4, -0.2) is 46.3 Å². The predicted molar refractivity (Wildman–Crippen MR) is 108 cm³/mol. The number of methoxy groups -OCH3 is 4. The van der Waals surface area contributed by atoms with Gasteiger partial charge in [-0.3, -0.25) is 14.9 Å². The van der Waals surface area contributed by atoms with E-state index in [1.807, 2.05) is 0 Å². The van der Waals surface area contributed by atoms with Crippen molar-refractivity contribution in [3.8, 4) is 23.0 Å². The number of amides is 4. The average molecular weight is 412 g/mol. The van der Waals surface area contributed by atoms with Crippen LogP contribution in [0.1, 0.15) is 5.56 Å². The molecule has 0 bridgehead atoms. The smallest absolute Gasteiger partial charge is 0.336 e. The summed E-state index contributed by atoms with van der Waals surface area (Å²) in [6.07, 6.45) is 1.33. The number of carbonyl (C=O) groups excluding carboxylic acids is 3. The molecule has 9 nitrogen and oxygen atoms in total. The molecule has 0 spiro atoms. The van der Waals surface area contributed by atoms with Gasteiger partial charge in [0.15, 0.2) is 11.5 Å². The summed E-state index contributed by atoms with van der Waals surface area (Å²) in [6.45, 7) is 0.